The first-order valence-corrected chi connectivity index (χ1v) is 7.40. The molecule has 2 bridgehead atoms. The van der Waals surface area contributed by atoms with Gasteiger partial charge in [0.05, 0.1) is 6.04 Å². The van der Waals surface area contributed by atoms with Crippen molar-refractivity contribution in [3.05, 3.63) is 34.2 Å². The van der Waals surface area contributed by atoms with Gasteiger partial charge in [0.25, 0.3) is 5.56 Å². The topological polar surface area (TPSA) is 74.6 Å². The van der Waals surface area contributed by atoms with Crippen molar-refractivity contribution < 1.29 is 9.90 Å². The van der Waals surface area contributed by atoms with Gasteiger partial charge in [-0.3, -0.25) is 9.59 Å². The molecule has 2 aliphatic rings. The van der Waals surface area contributed by atoms with Crippen molar-refractivity contribution in [2.45, 2.75) is 18.9 Å². The maximum atomic E-state index is 12.1. The molecule has 0 aromatic carbocycles. The van der Waals surface area contributed by atoms with E-state index in [0.29, 0.717) is 17.6 Å². The van der Waals surface area contributed by atoms with E-state index in [1.54, 1.807) is 6.07 Å². The molecule has 0 radical (unpaired) electrons. The van der Waals surface area contributed by atoms with E-state index in [9.17, 15) is 9.59 Å². The molecule has 2 unspecified atom stereocenters. The normalized spacial score (nSPS) is 23.3. The largest absolute Gasteiger partial charge is 0.480 e. The number of carboxylic acids is 1. The van der Waals surface area contributed by atoms with Crippen LogP contribution in [-0.2, 0) is 11.2 Å². The first-order valence-electron chi connectivity index (χ1n) is 6.99. The lowest BCUT2D eigenvalue weighted by atomic mass is 9.86. The number of thiocarbonyl (C=S) groups is 1. The maximum Gasteiger partial charge on any atom is 0.322 e. The van der Waals surface area contributed by atoms with Gasteiger partial charge in [-0.25, -0.2) is 0 Å². The zero-order valence-electron chi connectivity index (χ0n) is 11.5. The molecular weight excluding hydrogens is 290 g/mol. The second kappa shape index (κ2) is 5.48. The Labute approximate surface area is 127 Å². The van der Waals surface area contributed by atoms with Crippen LogP contribution in [0.15, 0.2) is 23.0 Å². The number of nitrogens with one attached hydrogen (secondary N) is 1. The molecule has 1 fully saturated rings. The van der Waals surface area contributed by atoms with Crippen molar-refractivity contribution in [3.63, 3.8) is 0 Å². The molecule has 0 spiro atoms. The van der Waals surface area contributed by atoms with Crippen molar-refractivity contribution in [1.29, 1.82) is 0 Å². The van der Waals surface area contributed by atoms with Gasteiger partial charge >= 0.3 is 5.97 Å². The Morgan fingerprint density at radius 3 is 3.00 bits per heavy atom. The molecule has 0 amide bonds. The van der Waals surface area contributed by atoms with E-state index in [2.05, 4.69) is 5.32 Å². The average molecular weight is 307 g/mol. The van der Waals surface area contributed by atoms with Crippen LogP contribution in [0.2, 0.25) is 0 Å². The molecule has 3 heterocycles. The minimum Gasteiger partial charge on any atom is -0.480 e. The van der Waals surface area contributed by atoms with Gasteiger partial charge in [-0.2, -0.15) is 0 Å². The molecule has 2 N–H and O–H groups in total. The zero-order valence-corrected chi connectivity index (χ0v) is 12.3. The van der Waals surface area contributed by atoms with E-state index < -0.39 is 5.97 Å². The number of aromatic nitrogens is 1. The highest BCUT2D eigenvalue weighted by atomic mass is 32.1. The van der Waals surface area contributed by atoms with Crippen LogP contribution in [0.1, 0.15) is 18.2 Å². The van der Waals surface area contributed by atoms with Crippen LogP contribution in [0, 0.1) is 5.92 Å². The van der Waals surface area contributed by atoms with E-state index in [4.69, 9.17) is 17.3 Å². The smallest absolute Gasteiger partial charge is 0.322 e. The molecule has 2 atom stereocenters. The number of fused-ring (bicyclic) bond motifs is 4. The molecular formula is C14H17N3O3S. The molecule has 112 valence electrons. The summed E-state index contributed by atoms with van der Waals surface area (Å²) in [4.78, 5) is 24.7. The van der Waals surface area contributed by atoms with Gasteiger partial charge in [-0.05, 0) is 37.0 Å². The molecule has 0 saturated carbocycles. The van der Waals surface area contributed by atoms with Gasteiger partial charge in [-0.1, -0.05) is 6.07 Å². The summed E-state index contributed by atoms with van der Waals surface area (Å²) in [6.07, 6.45) is 1.85. The Morgan fingerprint density at radius 2 is 2.24 bits per heavy atom. The number of nitrogens with zero attached hydrogens (tertiary/aromatic N) is 2. The van der Waals surface area contributed by atoms with Gasteiger partial charge in [0.2, 0.25) is 0 Å². The summed E-state index contributed by atoms with van der Waals surface area (Å²) in [5.41, 5.74) is 1.12. The molecule has 1 aromatic rings. The standard InChI is InChI=1S/C14H17N3O3S/c18-12-3-1-2-10-4-9-5-11(17(10)12)8-16(7-9)14(21)15-6-13(19)20/h1-3,9,11H,4-8H2,(H,15,21)(H,19,20). The van der Waals surface area contributed by atoms with E-state index in [1.165, 1.54) is 0 Å². The number of likely N-dealkylation sites (tertiary alicyclic amines) is 1. The highest BCUT2D eigenvalue weighted by Crippen LogP contribution is 2.32. The molecule has 1 aromatic heterocycles. The van der Waals surface area contributed by atoms with Crippen molar-refractivity contribution in [1.82, 2.24) is 14.8 Å². The van der Waals surface area contributed by atoms with E-state index >= 15 is 0 Å². The molecule has 6 nitrogen and oxygen atoms in total. The third-order valence-electron chi connectivity index (χ3n) is 4.13. The Kier molecular flexibility index (Phi) is 3.67. The Morgan fingerprint density at radius 1 is 1.43 bits per heavy atom. The van der Waals surface area contributed by atoms with Crippen LogP contribution in [0.3, 0.4) is 0 Å². The van der Waals surface area contributed by atoms with Crippen LogP contribution < -0.4 is 10.9 Å². The number of aliphatic carboxylic acids is 1. The fourth-order valence-corrected chi connectivity index (χ4v) is 3.58. The molecule has 0 aliphatic carbocycles. The second-order valence-corrected chi connectivity index (χ2v) is 6.03. The first-order chi connectivity index (χ1) is 10.0. The molecule has 1 saturated heterocycles. The molecule has 7 heteroatoms. The lowest BCUT2D eigenvalue weighted by Gasteiger charge is -2.44. The lowest BCUT2D eigenvalue weighted by molar-refractivity contribution is -0.135. The lowest BCUT2D eigenvalue weighted by Crippen LogP contribution is -2.53. The predicted molar refractivity (Wildman–Crippen MR) is 81.4 cm³/mol. The summed E-state index contributed by atoms with van der Waals surface area (Å²) >= 11 is 5.27. The molecule has 3 rings (SSSR count). The van der Waals surface area contributed by atoms with Gasteiger partial charge in [0, 0.05) is 24.8 Å². The van der Waals surface area contributed by atoms with Crippen LogP contribution in [0.4, 0.5) is 0 Å². The van der Waals surface area contributed by atoms with Crippen molar-refractivity contribution >= 4 is 23.3 Å². The number of hydrogen-bond acceptors (Lipinski definition) is 3. The number of carbonyl (C=O) groups is 1. The first kappa shape index (κ1) is 14.1. The van der Waals surface area contributed by atoms with Crippen molar-refractivity contribution in [2.24, 2.45) is 5.92 Å². The molecule has 21 heavy (non-hydrogen) atoms. The summed E-state index contributed by atoms with van der Waals surface area (Å²) in [6, 6.07) is 5.53. The maximum absolute atomic E-state index is 12.1. The van der Waals surface area contributed by atoms with E-state index in [0.717, 1.165) is 25.1 Å². The van der Waals surface area contributed by atoms with E-state index in [1.807, 2.05) is 21.6 Å². The monoisotopic (exact) mass is 307 g/mol. The minimum atomic E-state index is -0.934. The average Bonchev–Trinajstić information content (AvgIpc) is 2.44. The van der Waals surface area contributed by atoms with Crippen molar-refractivity contribution in [3.8, 4) is 0 Å². The number of rotatable bonds is 2. The number of hydrogen-bond donors (Lipinski definition) is 2. The number of piperidine rings is 1. The highest BCUT2D eigenvalue weighted by Gasteiger charge is 2.35. The summed E-state index contributed by atoms with van der Waals surface area (Å²) in [5, 5.41) is 11.9. The fourth-order valence-electron chi connectivity index (χ4n) is 3.36. The number of pyridine rings is 1. The summed E-state index contributed by atoms with van der Waals surface area (Å²) < 4.78 is 1.86. The highest BCUT2D eigenvalue weighted by molar-refractivity contribution is 7.80. The van der Waals surface area contributed by atoms with Gasteiger partial charge in [0.1, 0.15) is 6.54 Å². The Balaban J connectivity index is 1.78. The quantitative estimate of drug-likeness (QED) is 0.762. The Bertz CT molecular complexity index is 643. The minimum absolute atomic E-state index is 0.0298. The summed E-state index contributed by atoms with van der Waals surface area (Å²) in [5.74, 6) is -0.480. The number of carboxylic acid groups (broad SMARTS) is 1. The SMILES string of the molecule is O=C(O)CNC(=S)N1CC2Cc3cccc(=O)n3C(C2)C1. The molecule has 2 aliphatic heterocycles. The summed E-state index contributed by atoms with van der Waals surface area (Å²) in [6.45, 7) is 1.28. The van der Waals surface area contributed by atoms with Crippen molar-refractivity contribution in [2.75, 3.05) is 19.6 Å². The second-order valence-electron chi connectivity index (χ2n) is 5.64. The van der Waals surface area contributed by atoms with Crippen LogP contribution in [0.25, 0.3) is 0 Å². The van der Waals surface area contributed by atoms with Gasteiger partial charge < -0.3 is 19.9 Å². The fraction of sp³-hybridized carbons (Fsp3) is 0.500. The van der Waals surface area contributed by atoms with Crippen LogP contribution >= 0.6 is 12.2 Å². The zero-order chi connectivity index (χ0) is 15.0. The third-order valence-corrected chi connectivity index (χ3v) is 4.53. The summed E-state index contributed by atoms with van der Waals surface area (Å²) in [7, 11) is 0. The van der Waals surface area contributed by atoms with Crippen LogP contribution in [-0.4, -0.2) is 45.3 Å². The van der Waals surface area contributed by atoms with Gasteiger partial charge in [-0.15, -0.1) is 0 Å². The van der Waals surface area contributed by atoms with Crippen LogP contribution in [0.5, 0.6) is 0 Å². The van der Waals surface area contributed by atoms with Gasteiger partial charge in [0.15, 0.2) is 5.11 Å². The predicted octanol–water partition coefficient (Wildman–Crippen LogP) is 0.226. The Hall–Kier alpha value is -1.89. The third kappa shape index (κ3) is 2.78. The van der Waals surface area contributed by atoms with E-state index in [-0.39, 0.29) is 18.1 Å².